The number of carbonyl (C=O) groups excluding carboxylic acids is 3. The highest BCUT2D eigenvalue weighted by atomic mass is 16.5. The molecule has 0 amide bonds. The fraction of sp³-hybridized carbons (Fsp3) is 0.943. The van der Waals surface area contributed by atoms with Gasteiger partial charge in [0.25, 0.3) is 12.9 Å². The lowest BCUT2D eigenvalue weighted by molar-refractivity contribution is -0.130. The predicted molar refractivity (Wildman–Crippen MR) is 264 cm³/mol. The first kappa shape index (κ1) is 67.6. The molecular formula is C53H111NO6. The molecule has 0 aromatic carbocycles. The molecule has 364 valence electrons. The summed E-state index contributed by atoms with van der Waals surface area (Å²) in [6.45, 7) is 28.1. The van der Waals surface area contributed by atoms with Gasteiger partial charge in [0, 0.05) is 13.2 Å². The van der Waals surface area contributed by atoms with Gasteiger partial charge in [-0.05, 0) is 82.7 Å². The Balaban J connectivity index is -0.000000260. The third kappa shape index (κ3) is 58.6. The minimum atomic E-state index is 0.521. The molecule has 0 heterocycles. The van der Waals surface area contributed by atoms with Gasteiger partial charge in [0.1, 0.15) is 6.79 Å². The SMILES string of the molecule is C=O.CC(C)CCC(COC=O)C(C)C.CCCCCC(CCCCC)CCOC=O.CCCCCCCCCC(CCCCCCCCC)CCCN(C)C(C)C.CO. The molecule has 7 heteroatoms. The van der Waals surface area contributed by atoms with E-state index in [0.717, 1.165) is 37.7 Å². The van der Waals surface area contributed by atoms with E-state index in [1.807, 2.05) is 6.79 Å². The summed E-state index contributed by atoms with van der Waals surface area (Å²) >= 11 is 0. The number of aliphatic hydroxyl groups excluding tert-OH is 1. The molecule has 0 fully saturated rings. The van der Waals surface area contributed by atoms with E-state index >= 15 is 0 Å². The smallest absolute Gasteiger partial charge is 0.293 e. The van der Waals surface area contributed by atoms with Crippen molar-refractivity contribution in [1.82, 2.24) is 4.90 Å². The van der Waals surface area contributed by atoms with Crippen molar-refractivity contribution in [2.75, 3.05) is 33.9 Å². The monoisotopic (exact) mass is 858 g/mol. The van der Waals surface area contributed by atoms with E-state index in [9.17, 15) is 9.59 Å². The maximum absolute atomic E-state index is 10.1. The lowest BCUT2D eigenvalue weighted by atomic mass is 9.89. The Morgan fingerprint density at radius 1 is 0.483 bits per heavy atom. The van der Waals surface area contributed by atoms with Gasteiger partial charge in [-0.15, -0.1) is 0 Å². The van der Waals surface area contributed by atoms with Gasteiger partial charge in [-0.25, -0.2) is 0 Å². The molecule has 1 atom stereocenters. The van der Waals surface area contributed by atoms with Crippen LogP contribution < -0.4 is 0 Å². The highest BCUT2D eigenvalue weighted by Gasteiger charge is 2.14. The van der Waals surface area contributed by atoms with Crippen LogP contribution in [-0.4, -0.2) is 69.7 Å². The van der Waals surface area contributed by atoms with Crippen LogP contribution in [0.3, 0.4) is 0 Å². The third-order valence-electron chi connectivity index (χ3n) is 12.0. The van der Waals surface area contributed by atoms with E-state index in [1.54, 1.807) is 0 Å². The van der Waals surface area contributed by atoms with Crippen LogP contribution in [0.1, 0.15) is 255 Å². The Morgan fingerprint density at radius 2 is 0.833 bits per heavy atom. The maximum atomic E-state index is 10.1. The summed E-state index contributed by atoms with van der Waals surface area (Å²) in [7, 11) is 3.28. The van der Waals surface area contributed by atoms with Crippen LogP contribution in [-0.2, 0) is 23.9 Å². The summed E-state index contributed by atoms with van der Waals surface area (Å²) in [6, 6.07) is 0.690. The van der Waals surface area contributed by atoms with Crippen LogP contribution in [0.15, 0.2) is 0 Å². The quantitative estimate of drug-likeness (QED) is 0.0484. The minimum Gasteiger partial charge on any atom is -0.468 e. The van der Waals surface area contributed by atoms with Crippen LogP contribution in [0.2, 0.25) is 0 Å². The number of ether oxygens (including phenoxy) is 2. The molecule has 0 saturated heterocycles. The normalized spacial score (nSPS) is 11.3. The van der Waals surface area contributed by atoms with Gasteiger partial charge in [0.05, 0.1) is 13.2 Å². The highest BCUT2D eigenvalue weighted by molar-refractivity contribution is 5.37. The molecule has 0 aromatic heterocycles. The average Bonchev–Trinajstić information content (AvgIpc) is 3.24. The molecule has 0 aliphatic carbocycles. The Hall–Kier alpha value is -1.47. The van der Waals surface area contributed by atoms with Gasteiger partial charge in [0.15, 0.2) is 0 Å². The van der Waals surface area contributed by atoms with Crippen LogP contribution >= 0.6 is 0 Å². The van der Waals surface area contributed by atoms with Crippen LogP contribution in [0.25, 0.3) is 0 Å². The van der Waals surface area contributed by atoms with Crippen molar-refractivity contribution in [3.05, 3.63) is 0 Å². The molecule has 0 aliphatic rings. The first-order valence-corrected chi connectivity index (χ1v) is 25.6. The average molecular weight is 858 g/mol. The second-order valence-electron chi connectivity index (χ2n) is 18.4. The molecule has 0 aliphatic heterocycles. The molecule has 0 rings (SSSR count). The lowest BCUT2D eigenvalue weighted by Gasteiger charge is -2.23. The lowest BCUT2D eigenvalue weighted by Crippen LogP contribution is -2.27. The van der Waals surface area contributed by atoms with Crippen molar-refractivity contribution in [3.8, 4) is 0 Å². The number of rotatable bonds is 40. The second kappa shape index (κ2) is 59.6. The van der Waals surface area contributed by atoms with E-state index in [1.165, 1.54) is 180 Å². The van der Waals surface area contributed by atoms with Crippen molar-refractivity contribution in [2.24, 2.45) is 29.6 Å². The van der Waals surface area contributed by atoms with Crippen LogP contribution in [0.5, 0.6) is 0 Å². The van der Waals surface area contributed by atoms with Crippen molar-refractivity contribution in [2.45, 2.75) is 261 Å². The number of hydrogen-bond donors (Lipinski definition) is 1. The first-order valence-electron chi connectivity index (χ1n) is 25.6. The molecule has 1 N–H and O–H groups in total. The number of hydrogen-bond acceptors (Lipinski definition) is 7. The summed E-state index contributed by atoms with van der Waals surface area (Å²) in [4.78, 5) is 30.6. The van der Waals surface area contributed by atoms with Gasteiger partial charge >= 0.3 is 0 Å². The summed E-state index contributed by atoms with van der Waals surface area (Å²) in [5, 5.41) is 7.00. The van der Waals surface area contributed by atoms with E-state index in [4.69, 9.17) is 19.4 Å². The van der Waals surface area contributed by atoms with Crippen molar-refractivity contribution >= 4 is 19.7 Å². The number of carbonyl (C=O) groups is 3. The van der Waals surface area contributed by atoms with E-state index in [-0.39, 0.29) is 0 Å². The van der Waals surface area contributed by atoms with Crippen molar-refractivity contribution < 1.29 is 29.0 Å². The highest BCUT2D eigenvalue weighted by Crippen LogP contribution is 2.24. The van der Waals surface area contributed by atoms with Crippen molar-refractivity contribution in [1.29, 1.82) is 0 Å². The number of nitrogens with zero attached hydrogens (tertiary/aromatic N) is 1. The first-order chi connectivity index (χ1) is 29.0. The van der Waals surface area contributed by atoms with Crippen molar-refractivity contribution in [3.63, 3.8) is 0 Å². The molecule has 0 aromatic rings. The van der Waals surface area contributed by atoms with Crippen LogP contribution in [0, 0.1) is 29.6 Å². The molecule has 1 unspecified atom stereocenters. The summed E-state index contributed by atoms with van der Waals surface area (Å²) < 4.78 is 9.60. The van der Waals surface area contributed by atoms with Crippen LogP contribution in [0.4, 0.5) is 0 Å². The molecule has 0 bridgehead atoms. The third-order valence-corrected chi connectivity index (χ3v) is 12.0. The number of aliphatic hydroxyl groups is 1. The second-order valence-corrected chi connectivity index (χ2v) is 18.4. The molecule has 60 heavy (non-hydrogen) atoms. The molecule has 0 saturated carbocycles. The Morgan fingerprint density at radius 3 is 1.20 bits per heavy atom. The van der Waals surface area contributed by atoms with Gasteiger partial charge in [-0.1, -0.05) is 216 Å². The zero-order valence-corrected chi connectivity index (χ0v) is 42.9. The minimum absolute atomic E-state index is 0.521. The Bertz CT molecular complexity index is 736. The summed E-state index contributed by atoms with van der Waals surface area (Å²) in [5.41, 5.74) is 0. The summed E-state index contributed by atoms with van der Waals surface area (Å²) in [6.07, 6.45) is 40.1. The Kier molecular flexibility index (Phi) is 67.2. The molecule has 7 nitrogen and oxygen atoms in total. The topological polar surface area (TPSA) is 93.1 Å². The molecule has 0 spiro atoms. The number of unbranched alkanes of at least 4 members (excludes halogenated alkanes) is 16. The van der Waals surface area contributed by atoms with Gasteiger partial charge < -0.3 is 24.3 Å². The van der Waals surface area contributed by atoms with E-state index in [0.29, 0.717) is 44.0 Å². The largest absolute Gasteiger partial charge is 0.468 e. The van der Waals surface area contributed by atoms with Gasteiger partial charge in [0.2, 0.25) is 0 Å². The maximum Gasteiger partial charge on any atom is 0.293 e. The standard InChI is InChI=1S/C26H55N.C14H28O2.C11H22O2.CH4O.CH2O/c1-6-8-10-12-14-16-18-21-26(23-20-24-27(5)25(3)4)22-19-17-15-13-11-9-7-2;1-3-5-7-9-14(10-8-6-4-2)11-12-16-13-15;1-9(2)5-6-11(10(3)4)7-13-8-12;2*1-2/h25-26H,6-24H2,1-5H3;13-14H,3-12H2,1-2H3;8-11H,5-7H2,1-4H3;2H,1H3;1H2. The molecular weight excluding hydrogens is 747 g/mol. The fourth-order valence-corrected chi connectivity index (χ4v) is 7.50. The van der Waals surface area contributed by atoms with Gasteiger partial charge in [-0.3, -0.25) is 9.59 Å². The van der Waals surface area contributed by atoms with E-state index < -0.39 is 0 Å². The zero-order valence-electron chi connectivity index (χ0n) is 42.9. The zero-order chi connectivity index (χ0) is 46.5. The molecule has 0 radical (unpaired) electrons. The Labute approximate surface area is 377 Å². The predicted octanol–water partition coefficient (Wildman–Crippen LogP) is 15.6. The van der Waals surface area contributed by atoms with E-state index in [2.05, 4.69) is 81.2 Å². The fourth-order valence-electron chi connectivity index (χ4n) is 7.50. The van der Waals surface area contributed by atoms with Gasteiger partial charge in [-0.2, -0.15) is 0 Å². The summed E-state index contributed by atoms with van der Waals surface area (Å²) in [5.74, 6) is 3.61.